The minimum absolute atomic E-state index is 0.163. The van der Waals surface area contributed by atoms with E-state index in [2.05, 4.69) is 0 Å². The Morgan fingerprint density at radius 1 is 0.800 bits per heavy atom. The van der Waals surface area contributed by atoms with Gasteiger partial charge in [-0.1, -0.05) is 46.4 Å². The van der Waals surface area contributed by atoms with Crippen LogP contribution in [0.3, 0.4) is 0 Å². The van der Waals surface area contributed by atoms with Gasteiger partial charge in [-0.05, 0) is 30.1 Å². The van der Waals surface area contributed by atoms with Crippen molar-refractivity contribution in [1.29, 1.82) is 0 Å². The molecule has 0 aromatic carbocycles. The lowest BCUT2D eigenvalue weighted by Crippen LogP contribution is -2.50. The predicted molar refractivity (Wildman–Crippen MR) is 80.9 cm³/mol. The molecule has 20 heavy (non-hydrogen) atoms. The van der Waals surface area contributed by atoms with Crippen LogP contribution in [0.1, 0.15) is 6.42 Å². The van der Waals surface area contributed by atoms with Gasteiger partial charge in [0.1, 0.15) is 9.75 Å². The van der Waals surface area contributed by atoms with E-state index in [-0.39, 0.29) is 33.7 Å². The van der Waals surface area contributed by atoms with Gasteiger partial charge in [0.05, 0.1) is 22.3 Å². The Morgan fingerprint density at radius 2 is 1.15 bits per heavy atom. The molecular weight excluding hydrogens is 389 g/mol. The van der Waals surface area contributed by atoms with Crippen molar-refractivity contribution in [3.8, 4) is 0 Å². The van der Waals surface area contributed by atoms with E-state index in [1.807, 2.05) is 0 Å². The van der Waals surface area contributed by atoms with Crippen LogP contribution in [0.2, 0.25) is 0 Å². The fourth-order valence-corrected chi connectivity index (χ4v) is 8.14. The van der Waals surface area contributed by atoms with Crippen molar-refractivity contribution in [3.05, 3.63) is 10.1 Å². The van der Waals surface area contributed by atoms with E-state index >= 15 is 0 Å². The average molecular weight is 399 g/mol. The Labute approximate surface area is 145 Å². The van der Waals surface area contributed by atoms with Crippen LogP contribution in [0, 0.1) is 23.7 Å². The van der Waals surface area contributed by atoms with Crippen LogP contribution in [0.5, 0.6) is 0 Å². The van der Waals surface area contributed by atoms with E-state index in [0.29, 0.717) is 6.42 Å². The van der Waals surface area contributed by atoms with Crippen molar-refractivity contribution in [2.45, 2.75) is 32.7 Å². The number of hydrogen-bond donors (Lipinski definition) is 2. The maximum Gasteiger partial charge on any atom is 0.166 e. The van der Waals surface area contributed by atoms with Crippen LogP contribution >= 0.6 is 69.6 Å². The molecule has 4 rings (SSSR count). The van der Waals surface area contributed by atoms with Crippen LogP contribution in [-0.2, 0) is 0 Å². The molecule has 4 bridgehead atoms. The van der Waals surface area contributed by atoms with Gasteiger partial charge in [-0.2, -0.15) is 0 Å². The van der Waals surface area contributed by atoms with Crippen molar-refractivity contribution in [2.24, 2.45) is 23.7 Å². The zero-order valence-electron chi connectivity index (χ0n) is 9.83. The summed E-state index contributed by atoms with van der Waals surface area (Å²) in [6.45, 7) is 0. The number of aliphatic hydroxyl groups is 2. The topological polar surface area (TPSA) is 40.5 Å². The van der Waals surface area contributed by atoms with Gasteiger partial charge in [0.2, 0.25) is 0 Å². The van der Waals surface area contributed by atoms with Gasteiger partial charge in [-0.25, -0.2) is 0 Å². The quantitative estimate of drug-likeness (QED) is 0.484. The fourth-order valence-electron chi connectivity index (χ4n) is 5.01. The van der Waals surface area contributed by atoms with E-state index in [1.54, 1.807) is 0 Å². The molecule has 0 unspecified atom stereocenters. The summed E-state index contributed by atoms with van der Waals surface area (Å²) >= 11 is 39.0. The normalized spacial score (nSPS) is 62.4. The van der Waals surface area contributed by atoms with Gasteiger partial charge in [0.15, 0.2) is 4.33 Å². The Kier molecular flexibility index (Phi) is 2.91. The molecule has 0 aliphatic heterocycles. The molecule has 4 aliphatic rings. The van der Waals surface area contributed by atoms with Gasteiger partial charge in [0, 0.05) is 0 Å². The summed E-state index contributed by atoms with van der Waals surface area (Å²) in [5, 5.41) is 20.6. The first-order chi connectivity index (χ1) is 9.11. The third kappa shape index (κ3) is 1.16. The number of aliphatic hydroxyl groups excluding tert-OH is 2. The lowest BCUT2D eigenvalue weighted by Gasteiger charge is -2.42. The molecule has 2 N–H and O–H groups in total. The van der Waals surface area contributed by atoms with Crippen LogP contribution in [-0.4, -0.2) is 36.5 Å². The molecule has 0 amide bonds. The Bertz CT molecular complexity index is 506. The zero-order chi connectivity index (χ0) is 14.8. The van der Waals surface area contributed by atoms with Crippen LogP contribution in [0.25, 0.3) is 0 Å². The minimum atomic E-state index is -1.58. The number of rotatable bonds is 0. The smallest absolute Gasteiger partial charge is 0.166 e. The van der Waals surface area contributed by atoms with Crippen LogP contribution in [0.15, 0.2) is 10.1 Å². The summed E-state index contributed by atoms with van der Waals surface area (Å²) in [6, 6.07) is 0. The summed E-state index contributed by atoms with van der Waals surface area (Å²) in [6.07, 6.45) is -1.09. The van der Waals surface area contributed by atoms with E-state index in [0.717, 1.165) is 0 Å². The SMILES string of the molecule is O[C@@H]1[C@@H](O)[C@H]2C[C@H]1[C@@H]1[C@@H]2[C@]2(Cl)C(Cl)=C(Cl)[C@]1(Cl)C2(Cl)Cl. The standard InChI is InChI=1S/C12H10Cl6O2/c13-8-9(14)11(16)5-3-1-2(6(19)7(3)20)4(5)10(8,15)12(11,17)18/h2-7,19-20H,1H2/t2-,3-,4+,5+,6-,7-,10-,11-/m0/s1. The fraction of sp³-hybridized carbons (Fsp3) is 0.833. The van der Waals surface area contributed by atoms with E-state index in [4.69, 9.17) is 69.6 Å². The second-order valence-corrected chi connectivity index (χ2v) is 9.50. The highest BCUT2D eigenvalue weighted by Gasteiger charge is 2.87. The Balaban J connectivity index is 1.98. The second kappa shape index (κ2) is 3.89. The second-order valence-electron chi connectivity index (χ2n) is 6.22. The summed E-state index contributed by atoms with van der Waals surface area (Å²) < 4.78 is -1.58. The summed E-state index contributed by atoms with van der Waals surface area (Å²) in [7, 11) is 0. The molecular formula is C12H10Cl6O2. The number of alkyl halides is 4. The van der Waals surface area contributed by atoms with Crippen molar-refractivity contribution in [2.75, 3.05) is 0 Å². The molecule has 8 atom stereocenters. The molecule has 3 fully saturated rings. The minimum Gasteiger partial charge on any atom is -0.390 e. The first-order valence-electron chi connectivity index (χ1n) is 6.29. The maximum absolute atomic E-state index is 10.2. The first kappa shape index (κ1) is 15.0. The van der Waals surface area contributed by atoms with Gasteiger partial charge in [-0.3, -0.25) is 0 Å². The third-order valence-electron chi connectivity index (χ3n) is 5.75. The molecule has 0 aromatic heterocycles. The largest absolute Gasteiger partial charge is 0.390 e. The third-order valence-corrected chi connectivity index (χ3v) is 10.0. The molecule has 8 heteroatoms. The van der Waals surface area contributed by atoms with Crippen molar-refractivity contribution < 1.29 is 10.2 Å². The number of allylic oxidation sites excluding steroid dienone is 2. The number of fused-ring (bicyclic) bond motifs is 9. The van der Waals surface area contributed by atoms with Gasteiger partial charge in [-0.15, -0.1) is 23.2 Å². The van der Waals surface area contributed by atoms with Crippen LogP contribution in [0.4, 0.5) is 0 Å². The van der Waals surface area contributed by atoms with Crippen molar-refractivity contribution in [3.63, 3.8) is 0 Å². The lowest BCUT2D eigenvalue weighted by molar-refractivity contribution is -0.0559. The molecule has 112 valence electrons. The Morgan fingerprint density at radius 3 is 1.50 bits per heavy atom. The lowest BCUT2D eigenvalue weighted by atomic mass is 9.70. The van der Waals surface area contributed by atoms with Crippen molar-refractivity contribution >= 4 is 69.6 Å². The number of halogens is 6. The van der Waals surface area contributed by atoms with Gasteiger partial charge in [0.25, 0.3) is 0 Å². The predicted octanol–water partition coefficient (Wildman–Crippen LogP) is 3.44. The molecule has 0 heterocycles. The van der Waals surface area contributed by atoms with Crippen LogP contribution < -0.4 is 0 Å². The summed E-state index contributed by atoms with van der Waals surface area (Å²) in [4.78, 5) is -2.64. The highest BCUT2D eigenvalue weighted by atomic mass is 35.5. The molecule has 0 aromatic rings. The maximum atomic E-state index is 10.2. The monoisotopic (exact) mass is 396 g/mol. The zero-order valence-corrected chi connectivity index (χ0v) is 14.4. The highest BCUT2D eigenvalue weighted by molar-refractivity contribution is 6.65. The van der Waals surface area contributed by atoms with E-state index in [9.17, 15) is 10.2 Å². The van der Waals surface area contributed by atoms with Gasteiger partial charge < -0.3 is 10.2 Å². The first-order valence-corrected chi connectivity index (χ1v) is 8.56. The summed E-state index contributed by atoms with van der Waals surface area (Å²) in [5.74, 6) is -1.05. The Hall–Kier alpha value is 1.40. The van der Waals surface area contributed by atoms with E-state index < -0.39 is 26.3 Å². The van der Waals surface area contributed by atoms with E-state index in [1.165, 1.54) is 0 Å². The molecule has 3 saturated carbocycles. The summed E-state index contributed by atoms with van der Waals surface area (Å²) in [5.41, 5.74) is 0. The number of hydrogen-bond acceptors (Lipinski definition) is 2. The van der Waals surface area contributed by atoms with Gasteiger partial charge >= 0.3 is 0 Å². The molecule has 0 spiro atoms. The molecule has 2 nitrogen and oxygen atoms in total. The molecule has 0 radical (unpaired) electrons. The van der Waals surface area contributed by atoms with Crippen molar-refractivity contribution in [1.82, 2.24) is 0 Å². The molecule has 0 saturated heterocycles. The average Bonchev–Trinajstić information content (AvgIpc) is 2.97. The molecule has 4 aliphatic carbocycles. The highest BCUT2D eigenvalue weighted by Crippen LogP contribution is 2.82.